The molecule has 0 aliphatic carbocycles. The standard InChI is InChI=1S/C11H17N5O3/c1-12-8-4-16-3-2-13-10(16)9(14-8)15-11(5-17,6-18)7-19/h2-4,12,17-19H,5-7H2,1H3,(H,14,15). The fraction of sp³-hybridized carbons (Fsp3) is 0.455. The van der Waals surface area contributed by atoms with Crippen LogP contribution in [0.2, 0.25) is 0 Å². The Labute approximate surface area is 109 Å². The molecule has 2 heterocycles. The van der Waals surface area contributed by atoms with Crippen LogP contribution < -0.4 is 10.6 Å². The number of nitrogens with one attached hydrogen (secondary N) is 2. The maximum absolute atomic E-state index is 9.33. The normalized spacial score (nSPS) is 11.8. The van der Waals surface area contributed by atoms with Gasteiger partial charge in [0.1, 0.15) is 11.4 Å². The number of nitrogens with zero attached hydrogens (tertiary/aromatic N) is 3. The quantitative estimate of drug-likeness (QED) is 0.451. The summed E-state index contributed by atoms with van der Waals surface area (Å²) < 4.78 is 1.75. The molecule has 0 radical (unpaired) electrons. The van der Waals surface area contributed by atoms with Gasteiger partial charge in [-0.25, -0.2) is 9.97 Å². The van der Waals surface area contributed by atoms with Crippen LogP contribution in [0.3, 0.4) is 0 Å². The van der Waals surface area contributed by atoms with E-state index in [1.807, 2.05) is 0 Å². The van der Waals surface area contributed by atoms with Crippen molar-refractivity contribution in [3.63, 3.8) is 0 Å². The lowest BCUT2D eigenvalue weighted by Crippen LogP contribution is -2.49. The lowest BCUT2D eigenvalue weighted by molar-refractivity contribution is 0.0832. The summed E-state index contributed by atoms with van der Waals surface area (Å²) in [6.07, 6.45) is 5.12. The second-order valence-corrected chi connectivity index (χ2v) is 4.26. The first kappa shape index (κ1) is 13.5. The molecular formula is C11H17N5O3. The molecule has 0 unspecified atom stereocenters. The minimum absolute atomic E-state index is 0.369. The van der Waals surface area contributed by atoms with E-state index in [0.717, 1.165) is 0 Å². The summed E-state index contributed by atoms with van der Waals surface area (Å²) in [6, 6.07) is 0. The monoisotopic (exact) mass is 267 g/mol. The first-order valence-electron chi connectivity index (χ1n) is 5.80. The summed E-state index contributed by atoms with van der Waals surface area (Å²) in [5, 5.41) is 33.8. The highest BCUT2D eigenvalue weighted by Gasteiger charge is 2.29. The van der Waals surface area contributed by atoms with Crippen molar-refractivity contribution in [2.24, 2.45) is 0 Å². The van der Waals surface area contributed by atoms with Gasteiger partial charge in [-0.05, 0) is 0 Å². The van der Waals surface area contributed by atoms with Gasteiger partial charge in [0.15, 0.2) is 11.5 Å². The van der Waals surface area contributed by atoms with Gasteiger partial charge in [0, 0.05) is 19.4 Å². The summed E-state index contributed by atoms with van der Waals surface area (Å²) in [6.45, 7) is -1.30. The average molecular weight is 267 g/mol. The number of imidazole rings is 1. The summed E-state index contributed by atoms with van der Waals surface area (Å²) in [5.41, 5.74) is -0.704. The minimum Gasteiger partial charge on any atom is -0.394 e. The Morgan fingerprint density at radius 2 is 1.95 bits per heavy atom. The Morgan fingerprint density at radius 3 is 2.53 bits per heavy atom. The molecule has 8 heteroatoms. The van der Waals surface area contributed by atoms with Crippen molar-refractivity contribution in [1.82, 2.24) is 14.4 Å². The van der Waals surface area contributed by atoms with E-state index >= 15 is 0 Å². The van der Waals surface area contributed by atoms with Gasteiger partial charge in [0.05, 0.1) is 26.0 Å². The third kappa shape index (κ3) is 2.46. The predicted molar refractivity (Wildman–Crippen MR) is 70.1 cm³/mol. The van der Waals surface area contributed by atoms with Crippen LogP contribution in [0.1, 0.15) is 0 Å². The maximum atomic E-state index is 9.33. The lowest BCUT2D eigenvalue weighted by Gasteiger charge is -2.29. The van der Waals surface area contributed by atoms with Gasteiger partial charge < -0.3 is 30.4 Å². The molecule has 0 saturated heterocycles. The van der Waals surface area contributed by atoms with E-state index in [2.05, 4.69) is 20.6 Å². The molecule has 8 nitrogen and oxygen atoms in total. The molecule has 0 saturated carbocycles. The van der Waals surface area contributed by atoms with Gasteiger partial charge in [0.25, 0.3) is 0 Å². The van der Waals surface area contributed by atoms with Crippen molar-refractivity contribution in [2.45, 2.75) is 5.54 Å². The second-order valence-electron chi connectivity index (χ2n) is 4.26. The fourth-order valence-corrected chi connectivity index (χ4v) is 1.66. The smallest absolute Gasteiger partial charge is 0.180 e. The van der Waals surface area contributed by atoms with Gasteiger partial charge >= 0.3 is 0 Å². The molecule has 2 aromatic rings. The number of aliphatic hydroxyl groups is 3. The summed E-state index contributed by atoms with van der Waals surface area (Å²) >= 11 is 0. The van der Waals surface area contributed by atoms with E-state index in [4.69, 9.17) is 0 Å². The van der Waals surface area contributed by atoms with Crippen LogP contribution in [0.15, 0.2) is 18.6 Å². The van der Waals surface area contributed by atoms with Gasteiger partial charge in [-0.2, -0.15) is 0 Å². The lowest BCUT2D eigenvalue weighted by atomic mass is 10.0. The zero-order valence-electron chi connectivity index (χ0n) is 10.5. The van der Waals surface area contributed by atoms with Crippen molar-refractivity contribution in [3.05, 3.63) is 18.6 Å². The molecule has 2 aromatic heterocycles. The van der Waals surface area contributed by atoms with Gasteiger partial charge in [-0.1, -0.05) is 0 Å². The largest absolute Gasteiger partial charge is 0.394 e. The molecule has 0 bridgehead atoms. The van der Waals surface area contributed by atoms with Crippen LogP contribution in [-0.2, 0) is 0 Å². The van der Waals surface area contributed by atoms with Gasteiger partial charge in [-0.15, -0.1) is 0 Å². The predicted octanol–water partition coefficient (Wildman–Crippen LogP) is -1.10. The molecule has 5 N–H and O–H groups in total. The Kier molecular flexibility index (Phi) is 3.84. The fourth-order valence-electron chi connectivity index (χ4n) is 1.66. The minimum atomic E-state index is -1.24. The van der Waals surface area contributed by atoms with Gasteiger partial charge in [-0.3, -0.25) is 0 Å². The highest BCUT2D eigenvalue weighted by molar-refractivity contribution is 5.66. The molecule has 0 aliphatic rings. The van der Waals surface area contributed by atoms with Crippen LogP contribution in [0.4, 0.5) is 11.6 Å². The summed E-state index contributed by atoms with van der Waals surface area (Å²) in [4.78, 5) is 8.43. The number of anilines is 2. The number of aromatic nitrogens is 3. The molecule has 0 amide bonds. The Bertz CT molecular complexity index is 544. The van der Waals surface area contributed by atoms with Crippen molar-refractivity contribution in [3.8, 4) is 0 Å². The van der Waals surface area contributed by atoms with E-state index in [0.29, 0.717) is 17.3 Å². The van der Waals surface area contributed by atoms with E-state index in [1.165, 1.54) is 0 Å². The molecule has 0 fully saturated rings. The Morgan fingerprint density at radius 1 is 1.26 bits per heavy atom. The van der Waals surface area contributed by atoms with Crippen molar-refractivity contribution < 1.29 is 15.3 Å². The second kappa shape index (κ2) is 5.39. The summed E-state index contributed by atoms with van der Waals surface area (Å²) in [5.74, 6) is 0.963. The van der Waals surface area contributed by atoms with Gasteiger partial charge in [0.2, 0.25) is 0 Å². The molecule has 0 aromatic carbocycles. The highest BCUT2D eigenvalue weighted by atomic mass is 16.3. The topological polar surface area (TPSA) is 115 Å². The summed E-state index contributed by atoms with van der Waals surface area (Å²) in [7, 11) is 1.73. The Balaban J connectivity index is 2.46. The molecule has 104 valence electrons. The van der Waals surface area contributed by atoms with Crippen LogP contribution in [-0.4, -0.2) is 62.1 Å². The Hall–Kier alpha value is -1.90. The number of hydrogen-bond donors (Lipinski definition) is 5. The number of hydrogen-bond acceptors (Lipinski definition) is 7. The van der Waals surface area contributed by atoms with E-state index in [9.17, 15) is 15.3 Å². The number of fused-ring (bicyclic) bond motifs is 1. The SMILES string of the molecule is CNc1cn2ccnc2c(NC(CO)(CO)CO)n1. The highest BCUT2D eigenvalue weighted by Crippen LogP contribution is 2.20. The first-order valence-corrected chi connectivity index (χ1v) is 5.80. The number of aliphatic hydroxyl groups excluding tert-OH is 3. The van der Waals surface area contributed by atoms with Crippen LogP contribution in [0, 0.1) is 0 Å². The molecule has 0 spiro atoms. The first-order chi connectivity index (χ1) is 9.18. The molecule has 2 rings (SSSR count). The average Bonchev–Trinajstić information content (AvgIpc) is 2.93. The van der Waals surface area contributed by atoms with Crippen molar-refractivity contribution >= 4 is 17.3 Å². The third-order valence-corrected chi connectivity index (χ3v) is 2.92. The van der Waals surface area contributed by atoms with Crippen LogP contribution in [0.25, 0.3) is 5.65 Å². The molecule has 0 atom stereocenters. The maximum Gasteiger partial charge on any atom is 0.180 e. The van der Waals surface area contributed by atoms with Crippen LogP contribution >= 0.6 is 0 Å². The molecule has 19 heavy (non-hydrogen) atoms. The van der Waals surface area contributed by atoms with E-state index in [1.54, 1.807) is 30.0 Å². The van der Waals surface area contributed by atoms with E-state index in [-0.39, 0.29) is 0 Å². The van der Waals surface area contributed by atoms with Crippen molar-refractivity contribution in [1.29, 1.82) is 0 Å². The zero-order chi connectivity index (χ0) is 13.9. The van der Waals surface area contributed by atoms with E-state index < -0.39 is 25.4 Å². The van der Waals surface area contributed by atoms with Crippen molar-refractivity contribution in [2.75, 3.05) is 37.5 Å². The number of rotatable bonds is 6. The third-order valence-electron chi connectivity index (χ3n) is 2.92. The van der Waals surface area contributed by atoms with Crippen LogP contribution in [0.5, 0.6) is 0 Å². The molecule has 0 aliphatic heterocycles. The zero-order valence-corrected chi connectivity index (χ0v) is 10.5. The molecular weight excluding hydrogens is 250 g/mol.